The van der Waals surface area contributed by atoms with Gasteiger partial charge in [0.25, 0.3) is 0 Å². The fourth-order valence-electron chi connectivity index (χ4n) is 1.53. The summed E-state index contributed by atoms with van der Waals surface area (Å²) < 4.78 is 78.3. The zero-order valence-electron chi connectivity index (χ0n) is 10.6. The van der Waals surface area contributed by atoms with Gasteiger partial charge in [0.15, 0.2) is 23.3 Å². The van der Waals surface area contributed by atoms with E-state index >= 15 is 0 Å². The molecule has 22 heavy (non-hydrogen) atoms. The van der Waals surface area contributed by atoms with Gasteiger partial charge in [0, 0.05) is 36.7 Å². The van der Waals surface area contributed by atoms with Crippen LogP contribution in [0, 0.1) is 34.9 Å². The summed E-state index contributed by atoms with van der Waals surface area (Å²) in [5.41, 5.74) is -1.57. The van der Waals surface area contributed by atoms with Crippen LogP contribution in [0.3, 0.4) is 0 Å². The highest BCUT2D eigenvalue weighted by Crippen LogP contribution is 2.24. The second-order valence-electron chi connectivity index (χ2n) is 3.99. The highest BCUT2D eigenvalue weighted by molar-refractivity contribution is 6.17. The van der Waals surface area contributed by atoms with Crippen molar-refractivity contribution < 1.29 is 26.3 Å². The Morgan fingerprint density at radius 2 is 0.818 bits per heavy atom. The summed E-state index contributed by atoms with van der Waals surface area (Å²) in [5, 5.41) is 0. The maximum Gasteiger partial charge on any atom is 0.154 e. The monoisotopic (exact) mass is 316 g/mol. The summed E-state index contributed by atoms with van der Waals surface area (Å²) in [6, 6.07) is 1.69. The molecular formula is C14H6F6N2. The standard InChI is InChI=1S/C14H6F6N2/c15-7-3-9(17)13(10(18)4-7)21-1-2-22-14-11(19)5-8(16)6-12(14)20/h1-6H. The molecule has 2 rings (SSSR count). The second-order valence-corrected chi connectivity index (χ2v) is 3.99. The number of hydrogen-bond donors (Lipinski definition) is 0. The third kappa shape index (κ3) is 3.51. The van der Waals surface area contributed by atoms with Crippen LogP contribution in [0.25, 0.3) is 0 Å². The van der Waals surface area contributed by atoms with Crippen molar-refractivity contribution >= 4 is 23.8 Å². The van der Waals surface area contributed by atoms with Gasteiger partial charge in [-0.15, -0.1) is 0 Å². The lowest BCUT2D eigenvalue weighted by atomic mass is 10.3. The van der Waals surface area contributed by atoms with E-state index in [0.717, 1.165) is 12.4 Å². The fourth-order valence-corrected chi connectivity index (χ4v) is 1.53. The Bertz CT molecular complexity index is 658. The fraction of sp³-hybridized carbons (Fsp3) is 0. The molecule has 0 aliphatic heterocycles. The summed E-state index contributed by atoms with van der Waals surface area (Å²) in [6.45, 7) is 0. The van der Waals surface area contributed by atoms with E-state index in [1.165, 1.54) is 0 Å². The zero-order valence-corrected chi connectivity index (χ0v) is 10.6. The summed E-state index contributed by atoms with van der Waals surface area (Å²) in [7, 11) is 0. The van der Waals surface area contributed by atoms with E-state index in [1.54, 1.807) is 0 Å². The lowest BCUT2D eigenvalue weighted by Gasteiger charge is -1.99. The molecule has 2 nitrogen and oxygen atoms in total. The van der Waals surface area contributed by atoms with Crippen LogP contribution >= 0.6 is 0 Å². The van der Waals surface area contributed by atoms with Crippen molar-refractivity contribution in [1.29, 1.82) is 0 Å². The molecule has 2 aromatic carbocycles. The third-order valence-electron chi connectivity index (χ3n) is 2.44. The number of hydrogen-bond acceptors (Lipinski definition) is 2. The van der Waals surface area contributed by atoms with Crippen LogP contribution in [0.4, 0.5) is 37.7 Å². The van der Waals surface area contributed by atoms with Crippen molar-refractivity contribution in [3.8, 4) is 0 Å². The molecule has 0 radical (unpaired) electrons. The Balaban J connectivity index is 2.24. The van der Waals surface area contributed by atoms with Gasteiger partial charge in [0.05, 0.1) is 0 Å². The van der Waals surface area contributed by atoms with Crippen LogP contribution in [0.1, 0.15) is 0 Å². The molecule has 0 spiro atoms. The zero-order chi connectivity index (χ0) is 16.3. The summed E-state index contributed by atoms with van der Waals surface area (Å²) in [5.74, 6) is -7.22. The van der Waals surface area contributed by atoms with Crippen LogP contribution in [-0.4, -0.2) is 12.4 Å². The quantitative estimate of drug-likeness (QED) is 0.583. The highest BCUT2D eigenvalue weighted by atomic mass is 19.2. The number of halogens is 6. The number of nitrogens with zero attached hydrogens (tertiary/aromatic N) is 2. The molecule has 0 bridgehead atoms. The van der Waals surface area contributed by atoms with Gasteiger partial charge >= 0.3 is 0 Å². The molecule has 8 heteroatoms. The van der Waals surface area contributed by atoms with Crippen molar-refractivity contribution in [2.75, 3.05) is 0 Å². The molecule has 0 saturated carbocycles. The molecule has 0 amide bonds. The van der Waals surface area contributed by atoms with Crippen LogP contribution in [0.15, 0.2) is 34.3 Å². The molecule has 0 N–H and O–H groups in total. The topological polar surface area (TPSA) is 24.7 Å². The van der Waals surface area contributed by atoms with Gasteiger partial charge in [0.1, 0.15) is 23.0 Å². The minimum atomic E-state index is -1.25. The lowest BCUT2D eigenvalue weighted by molar-refractivity contribution is 0.545. The Kier molecular flexibility index (Phi) is 4.59. The Morgan fingerprint density at radius 1 is 0.545 bits per heavy atom. The van der Waals surface area contributed by atoms with E-state index in [1.807, 2.05) is 0 Å². The molecule has 0 fully saturated rings. The van der Waals surface area contributed by atoms with E-state index in [0.29, 0.717) is 24.3 Å². The van der Waals surface area contributed by atoms with Gasteiger partial charge in [-0.2, -0.15) is 0 Å². The molecule has 0 aliphatic rings. The van der Waals surface area contributed by atoms with E-state index in [-0.39, 0.29) is 0 Å². The number of benzene rings is 2. The van der Waals surface area contributed by atoms with Crippen LogP contribution in [0.2, 0.25) is 0 Å². The van der Waals surface area contributed by atoms with Gasteiger partial charge in [-0.05, 0) is 0 Å². The predicted octanol–water partition coefficient (Wildman–Crippen LogP) is 4.63. The lowest BCUT2D eigenvalue weighted by Crippen LogP contribution is -1.89. The summed E-state index contributed by atoms with van der Waals surface area (Å²) in [6.07, 6.45) is 1.50. The van der Waals surface area contributed by atoms with Crippen molar-refractivity contribution in [2.45, 2.75) is 0 Å². The van der Waals surface area contributed by atoms with Crippen LogP contribution in [0.5, 0.6) is 0 Å². The highest BCUT2D eigenvalue weighted by Gasteiger charge is 2.10. The molecule has 0 atom stereocenters. The van der Waals surface area contributed by atoms with Gasteiger partial charge in [-0.1, -0.05) is 0 Å². The Labute approximate surface area is 120 Å². The maximum absolute atomic E-state index is 13.2. The van der Waals surface area contributed by atoms with Crippen molar-refractivity contribution in [3.05, 3.63) is 59.2 Å². The Hall–Kier alpha value is -2.64. The van der Waals surface area contributed by atoms with Crippen molar-refractivity contribution in [2.24, 2.45) is 9.98 Å². The van der Waals surface area contributed by atoms with E-state index in [2.05, 4.69) is 9.98 Å². The van der Waals surface area contributed by atoms with E-state index in [9.17, 15) is 26.3 Å². The molecule has 114 valence electrons. The SMILES string of the molecule is Fc1cc(F)c(N=CC=Nc2c(F)cc(F)cc2F)c(F)c1. The average molecular weight is 316 g/mol. The minimum absolute atomic E-state index is 0.423. The summed E-state index contributed by atoms with van der Waals surface area (Å²) >= 11 is 0. The summed E-state index contributed by atoms with van der Waals surface area (Å²) in [4.78, 5) is 6.66. The molecule has 0 aliphatic carbocycles. The first-order valence-electron chi connectivity index (χ1n) is 5.74. The second kappa shape index (κ2) is 6.42. The van der Waals surface area contributed by atoms with Gasteiger partial charge < -0.3 is 0 Å². The first kappa shape index (κ1) is 15.7. The van der Waals surface area contributed by atoms with E-state index in [4.69, 9.17) is 0 Å². The van der Waals surface area contributed by atoms with E-state index < -0.39 is 46.3 Å². The third-order valence-corrected chi connectivity index (χ3v) is 2.44. The molecule has 2 aromatic rings. The molecule has 0 aromatic heterocycles. The smallest absolute Gasteiger partial charge is 0.154 e. The van der Waals surface area contributed by atoms with Gasteiger partial charge in [0.2, 0.25) is 0 Å². The first-order chi connectivity index (χ1) is 10.4. The Morgan fingerprint density at radius 3 is 1.09 bits per heavy atom. The number of rotatable bonds is 3. The molecular weight excluding hydrogens is 310 g/mol. The first-order valence-corrected chi connectivity index (χ1v) is 5.74. The van der Waals surface area contributed by atoms with Crippen molar-refractivity contribution in [1.82, 2.24) is 0 Å². The largest absolute Gasteiger partial charge is 0.249 e. The van der Waals surface area contributed by atoms with Crippen LogP contribution < -0.4 is 0 Å². The number of aliphatic imine (C=N–C) groups is 2. The predicted molar refractivity (Wildman–Crippen MR) is 68.9 cm³/mol. The van der Waals surface area contributed by atoms with Crippen LogP contribution in [-0.2, 0) is 0 Å². The minimum Gasteiger partial charge on any atom is -0.249 e. The normalized spacial score (nSPS) is 11.7. The van der Waals surface area contributed by atoms with Gasteiger partial charge in [-0.3, -0.25) is 0 Å². The molecule has 0 heterocycles. The average Bonchev–Trinajstić information content (AvgIpc) is 2.38. The molecule has 0 unspecified atom stereocenters. The molecule has 0 saturated heterocycles. The van der Waals surface area contributed by atoms with Gasteiger partial charge in [-0.25, -0.2) is 36.3 Å². The maximum atomic E-state index is 13.2. The van der Waals surface area contributed by atoms with Crippen molar-refractivity contribution in [3.63, 3.8) is 0 Å².